The lowest BCUT2D eigenvalue weighted by Crippen LogP contribution is -2.23. The lowest BCUT2D eigenvalue weighted by Gasteiger charge is -2.09. The number of fused-ring (bicyclic) bond motifs is 1. The van der Waals surface area contributed by atoms with Gasteiger partial charge in [-0.3, -0.25) is 14.0 Å². The normalized spacial score (nSPS) is 10.9. The standard InChI is InChI=1S/C25H27N5O3S/c1-3-33-21(31)15-27-24-22(23-16(2)8-10-34-23)29-20-12-19(7-9-30(20)24)25(32)28-14-18-6-4-5-17(11-18)13-26/h4-12,27H,3,13-15,26H2,1-2H3,(H,28,32). The van der Waals surface area contributed by atoms with E-state index in [2.05, 4.69) is 10.6 Å². The van der Waals surface area contributed by atoms with Gasteiger partial charge < -0.3 is 21.1 Å². The van der Waals surface area contributed by atoms with Crippen LogP contribution in [0.15, 0.2) is 54.0 Å². The zero-order valence-electron chi connectivity index (χ0n) is 19.1. The third-order valence-electron chi connectivity index (χ3n) is 5.35. The molecule has 176 valence electrons. The summed E-state index contributed by atoms with van der Waals surface area (Å²) in [6.07, 6.45) is 1.78. The molecule has 0 saturated heterocycles. The lowest BCUT2D eigenvalue weighted by molar-refractivity contribution is -0.140. The summed E-state index contributed by atoms with van der Waals surface area (Å²) in [6.45, 7) is 4.98. The van der Waals surface area contributed by atoms with Crippen molar-refractivity contribution >= 4 is 34.7 Å². The van der Waals surface area contributed by atoms with Gasteiger partial charge in [0, 0.05) is 24.8 Å². The van der Waals surface area contributed by atoms with Gasteiger partial charge in [-0.25, -0.2) is 4.98 Å². The highest BCUT2D eigenvalue weighted by Gasteiger charge is 2.19. The fraction of sp³-hybridized carbons (Fsp3) is 0.240. The largest absolute Gasteiger partial charge is 0.465 e. The van der Waals surface area contributed by atoms with Crippen LogP contribution in [0.3, 0.4) is 0 Å². The number of rotatable bonds is 9. The van der Waals surface area contributed by atoms with Gasteiger partial charge in [0.15, 0.2) is 0 Å². The molecule has 8 nitrogen and oxygen atoms in total. The van der Waals surface area contributed by atoms with E-state index in [1.807, 2.05) is 47.0 Å². The molecule has 0 aliphatic rings. The number of carbonyl (C=O) groups excluding carboxylic acids is 2. The summed E-state index contributed by atoms with van der Waals surface area (Å²) in [7, 11) is 0. The van der Waals surface area contributed by atoms with Gasteiger partial charge in [0.25, 0.3) is 5.91 Å². The van der Waals surface area contributed by atoms with Gasteiger partial charge in [-0.2, -0.15) is 0 Å². The summed E-state index contributed by atoms with van der Waals surface area (Å²) in [5.74, 6) is 0.138. The number of pyridine rings is 1. The van der Waals surface area contributed by atoms with E-state index in [1.54, 1.807) is 36.6 Å². The highest BCUT2D eigenvalue weighted by Crippen LogP contribution is 2.35. The number of thiophene rings is 1. The van der Waals surface area contributed by atoms with Crippen molar-refractivity contribution in [3.05, 3.63) is 76.3 Å². The molecule has 0 aliphatic carbocycles. The molecule has 3 aromatic heterocycles. The first kappa shape index (κ1) is 23.5. The molecule has 34 heavy (non-hydrogen) atoms. The van der Waals surface area contributed by atoms with Crippen LogP contribution in [-0.2, 0) is 22.6 Å². The molecule has 0 saturated carbocycles. The predicted octanol–water partition coefficient (Wildman–Crippen LogP) is 3.73. The summed E-state index contributed by atoms with van der Waals surface area (Å²) >= 11 is 1.58. The van der Waals surface area contributed by atoms with Crippen molar-refractivity contribution in [2.75, 3.05) is 18.5 Å². The maximum atomic E-state index is 12.8. The van der Waals surface area contributed by atoms with Crippen molar-refractivity contribution in [1.82, 2.24) is 14.7 Å². The molecule has 1 aromatic carbocycles. The zero-order chi connectivity index (χ0) is 24.1. The van der Waals surface area contributed by atoms with Crippen LogP contribution >= 0.6 is 11.3 Å². The van der Waals surface area contributed by atoms with Crippen molar-refractivity contribution < 1.29 is 14.3 Å². The molecule has 0 bridgehead atoms. The summed E-state index contributed by atoms with van der Waals surface area (Å²) in [5, 5.41) is 8.12. The van der Waals surface area contributed by atoms with Gasteiger partial charge in [0.05, 0.1) is 11.5 Å². The number of imidazole rings is 1. The van der Waals surface area contributed by atoms with Gasteiger partial charge in [0.2, 0.25) is 0 Å². The van der Waals surface area contributed by atoms with Crippen LogP contribution in [0.4, 0.5) is 5.82 Å². The van der Waals surface area contributed by atoms with Crippen LogP contribution in [0.25, 0.3) is 16.2 Å². The summed E-state index contributed by atoms with van der Waals surface area (Å²) < 4.78 is 6.89. The van der Waals surface area contributed by atoms with E-state index in [-0.39, 0.29) is 18.4 Å². The highest BCUT2D eigenvalue weighted by atomic mass is 32.1. The monoisotopic (exact) mass is 477 g/mol. The van der Waals surface area contributed by atoms with E-state index in [1.165, 1.54) is 0 Å². The Morgan fingerprint density at radius 3 is 2.74 bits per heavy atom. The van der Waals surface area contributed by atoms with Gasteiger partial charge >= 0.3 is 5.97 Å². The van der Waals surface area contributed by atoms with E-state index < -0.39 is 0 Å². The third-order valence-corrected chi connectivity index (χ3v) is 6.37. The molecule has 3 heterocycles. The first-order valence-corrected chi connectivity index (χ1v) is 11.9. The number of aromatic nitrogens is 2. The van der Waals surface area contributed by atoms with Gasteiger partial charge in [-0.05, 0) is 54.1 Å². The maximum absolute atomic E-state index is 12.8. The van der Waals surface area contributed by atoms with Crippen molar-refractivity contribution in [1.29, 1.82) is 0 Å². The average Bonchev–Trinajstić information content (AvgIpc) is 3.43. The molecule has 0 atom stereocenters. The second-order valence-electron chi connectivity index (χ2n) is 7.75. The first-order valence-electron chi connectivity index (χ1n) is 11.0. The minimum atomic E-state index is -0.346. The second kappa shape index (κ2) is 10.5. The number of anilines is 1. The van der Waals surface area contributed by atoms with Gasteiger partial charge in [-0.15, -0.1) is 11.3 Å². The minimum absolute atomic E-state index is 0.0170. The van der Waals surface area contributed by atoms with E-state index in [0.29, 0.717) is 36.7 Å². The fourth-order valence-electron chi connectivity index (χ4n) is 3.65. The van der Waals surface area contributed by atoms with Crippen molar-refractivity contribution in [2.24, 2.45) is 5.73 Å². The summed E-state index contributed by atoms with van der Waals surface area (Å²) in [6, 6.07) is 13.3. The van der Waals surface area contributed by atoms with E-state index in [9.17, 15) is 9.59 Å². The van der Waals surface area contributed by atoms with Gasteiger partial charge in [0.1, 0.15) is 23.7 Å². The third kappa shape index (κ3) is 5.11. The summed E-state index contributed by atoms with van der Waals surface area (Å²) in [4.78, 5) is 30.6. The minimum Gasteiger partial charge on any atom is -0.465 e. The zero-order valence-corrected chi connectivity index (χ0v) is 19.9. The first-order chi connectivity index (χ1) is 16.5. The quantitative estimate of drug-likeness (QED) is 0.317. The number of hydrogen-bond acceptors (Lipinski definition) is 7. The fourth-order valence-corrected chi connectivity index (χ4v) is 4.56. The number of nitrogens with one attached hydrogen (secondary N) is 2. The Hall–Kier alpha value is -3.69. The number of nitrogens with zero attached hydrogens (tertiary/aromatic N) is 2. The predicted molar refractivity (Wildman–Crippen MR) is 134 cm³/mol. The molecule has 4 rings (SSSR count). The smallest absolute Gasteiger partial charge is 0.325 e. The molecule has 4 N–H and O–H groups in total. The molecule has 9 heteroatoms. The number of aryl methyl sites for hydroxylation is 1. The van der Waals surface area contributed by atoms with E-state index in [4.69, 9.17) is 15.5 Å². The number of carbonyl (C=O) groups is 2. The number of esters is 1. The molecule has 0 spiro atoms. The molecular weight excluding hydrogens is 450 g/mol. The second-order valence-corrected chi connectivity index (χ2v) is 8.67. The van der Waals surface area contributed by atoms with E-state index >= 15 is 0 Å². The van der Waals surface area contributed by atoms with E-state index in [0.717, 1.165) is 27.3 Å². The van der Waals surface area contributed by atoms with Gasteiger partial charge in [-0.1, -0.05) is 24.3 Å². The van der Waals surface area contributed by atoms with Crippen LogP contribution in [-0.4, -0.2) is 34.4 Å². The Kier molecular flexibility index (Phi) is 7.24. The topological polar surface area (TPSA) is 111 Å². The van der Waals surface area contributed by atoms with Crippen molar-refractivity contribution in [3.8, 4) is 10.6 Å². The average molecular weight is 478 g/mol. The molecule has 0 fully saturated rings. The Morgan fingerprint density at radius 2 is 2.00 bits per heavy atom. The molecule has 0 unspecified atom stereocenters. The lowest BCUT2D eigenvalue weighted by atomic mass is 10.1. The Bertz CT molecular complexity index is 1330. The number of nitrogens with two attached hydrogens (primary N) is 1. The highest BCUT2D eigenvalue weighted by molar-refractivity contribution is 7.13. The summed E-state index contributed by atoms with van der Waals surface area (Å²) in [5.41, 5.74) is 10.6. The number of benzene rings is 1. The molecular formula is C25H27N5O3S. The molecule has 0 radical (unpaired) electrons. The van der Waals surface area contributed by atoms with Crippen LogP contribution in [0.2, 0.25) is 0 Å². The van der Waals surface area contributed by atoms with Crippen LogP contribution < -0.4 is 16.4 Å². The Labute approximate surface area is 201 Å². The van der Waals surface area contributed by atoms with Crippen LogP contribution in [0.1, 0.15) is 34.0 Å². The molecule has 0 aliphatic heterocycles. The molecule has 4 aromatic rings. The van der Waals surface area contributed by atoms with Crippen LogP contribution in [0, 0.1) is 6.92 Å². The Morgan fingerprint density at radius 1 is 1.18 bits per heavy atom. The number of hydrogen-bond donors (Lipinski definition) is 3. The van der Waals surface area contributed by atoms with Crippen molar-refractivity contribution in [2.45, 2.75) is 26.9 Å². The van der Waals surface area contributed by atoms with Crippen molar-refractivity contribution in [3.63, 3.8) is 0 Å². The maximum Gasteiger partial charge on any atom is 0.325 e. The molecule has 1 amide bonds. The number of ether oxygens (including phenoxy) is 1. The van der Waals surface area contributed by atoms with Crippen LogP contribution in [0.5, 0.6) is 0 Å². The SMILES string of the molecule is CCOC(=O)CNc1c(-c2sccc2C)nc2cc(C(=O)NCc3cccc(CN)c3)ccn12. The Balaban J connectivity index is 1.60. The number of amides is 1.